The van der Waals surface area contributed by atoms with Gasteiger partial charge in [0.15, 0.2) is 0 Å². The van der Waals surface area contributed by atoms with E-state index in [0.29, 0.717) is 17.7 Å². The van der Waals surface area contributed by atoms with E-state index in [1.165, 1.54) is 19.2 Å². The average molecular weight is 244 g/mol. The number of nitriles is 1. The zero-order valence-corrected chi connectivity index (χ0v) is 10.4. The summed E-state index contributed by atoms with van der Waals surface area (Å²) in [6.07, 6.45) is 4.54. The number of anilines is 1. The van der Waals surface area contributed by atoms with Crippen molar-refractivity contribution in [1.82, 2.24) is 9.97 Å². The van der Waals surface area contributed by atoms with Gasteiger partial charge in [-0.15, -0.1) is 0 Å². The van der Waals surface area contributed by atoms with Gasteiger partial charge in [-0.1, -0.05) is 0 Å². The van der Waals surface area contributed by atoms with Gasteiger partial charge in [-0.25, -0.2) is 9.97 Å². The second-order valence-corrected chi connectivity index (χ2v) is 5.10. The van der Waals surface area contributed by atoms with Gasteiger partial charge in [0.1, 0.15) is 23.9 Å². The molecule has 0 unspecified atom stereocenters. The summed E-state index contributed by atoms with van der Waals surface area (Å²) in [5.74, 6) is 1.55. The van der Waals surface area contributed by atoms with E-state index in [-0.39, 0.29) is 6.10 Å². The number of morpholine rings is 1. The topological polar surface area (TPSA) is 62.0 Å². The largest absolute Gasteiger partial charge is 0.371 e. The molecule has 0 bridgehead atoms. The normalized spacial score (nSPS) is 27.9. The van der Waals surface area contributed by atoms with Crippen LogP contribution in [0, 0.1) is 17.2 Å². The van der Waals surface area contributed by atoms with Crippen LogP contribution >= 0.6 is 0 Å². The van der Waals surface area contributed by atoms with E-state index in [1.807, 2.05) is 0 Å². The molecule has 1 aromatic heterocycles. The SMILES string of the molecule is C[C@@H]1CN(c2cc(C#N)ncn2)C[C@@H](C2CC2)O1. The standard InChI is InChI=1S/C13H16N4O/c1-9-6-17(7-12(18-9)10-2-3-10)13-4-11(5-14)15-8-16-13/h4,8-10,12H,2-3,6-7H2,1H3/t9-,12+/m1/s1. The van der Waals surface area contributed by atoms with Crippen LogP contribution in [0.2, 0.25) is 0 Å². The van der Waals surface area contributed by atoms with Crippen LogP contribution in [0.15, 0.2) is 12.4 Å². The van der Waals surface area contributed by atoms with Gasteiger partial charge in [-0.05, 0) is 25.7 Å². The third-order valence-corrected chi connectivity index (χ3v) is 3.52. The minimum atomic E-state index is 0.213. The lowest BCUT2D eigenvalue weighted by Gasteiger charge is -2.37. The van der Waals surface area contributed by atoms with Crippen molar-refractivity contribution in [2.24, 2.45) is 5.92 Å². The molecule has 1 saturated heterocycles. The number of ether oxygens (including phenoxy) is 1. The Hall–Kier alpha value is -1.67. The van der Waals surface area contributed by atoms with Gasteiger partial charge in [-0.2, -0.15) is 5.26 Å². The maximum absolute atomic E-state index is 8.88. The van der Waals surface area contributed by atoms with Gasteiger partial charge in [0.05, 0.1) is 12.2 Å². The molecule has 1 saturated carbocycles. The van der Waals surface area contributed by atoms with Crippen LogP contribution in [-0.4, -0.2) is 35.3 Å². The van der Waals surface area contributed by atoms with E-state index < -0.39 is 0 Å². The van der Waals surface area contributed by atoms with Crippen molar-refractivity contribution in [2.75, 3.05) is 18.0 Å². The zero-order valence-electron chi connectivity index (χ0n) is 10.4. The highest BCUT2D eigenvalue weighted by Crippen LogP contribution is 2.37. The van der Waals surface area contributed by atoms with Crippen LogP contribution in [0.4, 0.5) is 5.82 Å². The zero-order chi connectivity index (χ0) is 12.5. The lowest BCUT2D eigenvalue weighted by molar-refractivity contribution is -0.0273. The van der Waals surface area contributed by atoms with E-state index in [1.54, 1.807) is 6.07 Å². The second kappa shape index (κ2) is 4.54. The summed E-state index contributed by atoms with van der Waals surface area (Å²) >= 11 is 0. The molecule has 0 aromatic carbocycles. The van der Waals surface area contributed by atoms with Gasteiger partial charge in [0, 0.05) is 19.2 Å². The van der Waals surface area contributed by atoms with Gasteiger partial charge >= 0.3 is 0 Å². The molecule has 18 heavy (non-hydrogen) atoms. The van der Waals surface area contributed by atoms with Crippen LogP contribution in [-0.2, 0) is 4.74 Å². The molecular formula is C13H16N4O. The predicted molar refractivity (Wildman–Crippen MR) is 66.0 cm³/mol. The van der Waals surface area contributed by atoms with Gasteiger partial charge < -0.3 is 9.64 Å². The molecule has 1 aliphatic carbocycles. The Labute approximate surface area is 106 Å². The fourth-order valence-electron chi connectivity index (χ4n) is 2.48. The minimum absolute atomic E-state index is 0.213. The highest BCUT2D eigenvalue weighted by Gasteiger charge is 2.37. The molecule has 2 fully saturated rings. The monoisotopic (exact) mass is 244 g/mol. The molecule has 1 aromatic rings. The lowest BCUT2D eigenvalue weighted by Crippen LogP contribution is -2.47. The molecule has 2 aliphatic rings. The molecule has 3 rings (SSSR count). The Bertz CT molecular complexity index is 480. The van der Waals surface area contributed by atoms with Gasteiger partial charge in [-0.3, -0.25) is 0 Å². The molecule has 94 valence electrons. The van der Waals surface area contributed by atoms with Crippen molar-refractivity contribution in [2.45, 2.75) is 32.0 Å². The van der Waals surface area contributed by atoms with Crippen molar-refractivity contribution < 1.29 is 4.74 Å². The second-order valence-electron chi connectivity index (χ2n) is 5.10. The highest BCUT2D eigenvalue weighted by atomic mass is 16.5. The van der Waals surface area contributed by atoms with E-state index in [2.05, 4.69) is 27.9 Å². The molecule has 1 aliphatic heterocycles. The average Bonchev–Trinajstić information content (AvgIpc) is 3.22. The molecule has 0 amide bonds. The van der Waals surface area contributed by atoms with Crippen LogP contribution < -0.4 is 4.90 Å². The summed E-state index contributed by atoms with van der Waals surface area (Å²) in [6, 6.07) is 3.81. The van der Waals surface area contributed by atoms with Crippen LogP contribution in [0.5, 0.6) is 0 Å². The van der Waals surface area contributed by atoms with Gasteiger partial charge in [0.2, 0.25) is 0 Å². The summed E-state index contributed by atoms with van der Waals surface area (Å²) < 4.78 is 5.97. The Balaban J connectivity index is 1.79. The maximum Gasteiger partial charge on any atom is 0.145 e. The molecule has 0 N–H and O–H groups in total. The Morgan fingerprint density at radius 2 is 2.22 bits per heavy atom. The number of rotatable bonds is 2. The molecule has 2 atom stereocenters. The first-order valence-corrected chi connectivity index (χ1v) is 6.39. The van der Waals surface area contributed by atoms with Gasteiger partial charge in [0.25, 0.3) is 0 Å². The van der Waals surface area contributed by atoms with Crippen molar-refractivity contribution in [3.63, 3.8) is 0 Å². The molecule has 0 radical (unpaired) electrons. The third-order valence-electron chi connectivity index (χ3n) is 3.52. The van der Waals surface area contributed by atoms with Crippen molar-refractivity contribution >= 4 is 5.82 Å². The summed E-state index contributed by atoms with van der Waals surface area (Å²) in [6.45, 7) is 3.79. The summed E-state index contributed by atoms with van der Waals surface area (Å²) in [4.78, 5) is 10.4. The number of hydrogen-bond acceptors (Lipinski definition) is 5. The number of aromatic nitrogens is 2. The summed E-state index contributed by atoms with van der Waals surface area (Å²) in [7, 11) is 0. The third kappa shape index (κ3) is 2.29. The molecule has 0 spiro atoms. The first-order chi connectivity index (χ1) is 8.76. The first kappa shape index (κ1) is 11.4. The first-order valence-electron chi connectivity index (χ1n) is 6.39. The minimum Gasteiger partial charge on any atom is -0.371 e. The molecule has 2 heterocycles. The quantitative estimate of drug-likeness (QED) is 0.786. The van der Waals surface area contributed by atoms with E-state index >= 15 is 0 Å². The van der Waals surface area contributed by atoms with Crippen LogP contribution in [0.25, 0.3) is 0 Å². The van der Waals surface area contributed by atoms with Crippen LogP contribution in [0.1, 0.15) is 25.5 Å². The smallest absolute Gasteiger partial charge is 0.145 e. The fraction of sp³-hybridized carbons (Fsp3) is 0.615. The maximum atomic E-state index is 8.88. The summed E-state index contributed by atoms with van der Waals surface area (Å²) in [5, 5.41) is 8.88. The Kier molecular flexibility index (Phi) is 2.88. The lowest BCUT2D eigenvalue weighted by atomic mass is 10.1. The molecule has 5 nitrogen and oxygen atoms in total. The van der Waals surface area contributed by atoms with E-state index in [9.17, 15) is 0 Å². The highest BCUT2D eigenvalue weighted by molar-refractivity contribution is 5.42. The van der Waals surface area contributed by atoms with E-state index in [4.69, 9.17) is 10.00 Å². The van der Waals surface area contributed by atoms with Crippen molar-refractivity contribution in [1.29, 1.82) is 5.26 Å². The number of nitrogens with zero attached hydrogens (tertiary/aromatic N) is 4. The molecular weight excluding hydrogens is 228 g/mol. The van der Waals surface area contributed by atoms with Crippen LogP contribution in [0.3, 0.4) is 0 Å². The van der Waals surface area contributed by atoms with E-state index in [0.717, 1.165) is 18.9 Å². The molecule has 5 heteroatoms. The fourth-order valence-corrected chi connectivity index (χ4v) is 2.48. The van der Waals surface area contributed by atoms with Crippen molar-refractivity contribution in [3.05, 3.63) is 18.1 Å². The predicted octanol–water partition coefficient (Wildman–Crippen LogP) is 1.35. The number of hydrogen-bond donors (Lipinski definition) is 0. The Morgan fingerprint density at radius 3 is 2.94 bits per heavy atom. The Morgan fingerprint density at radius 1 is 1.39 bits per heavy atom. The van der Waals surface area contributed by atoms with Crippen molar-refractivity contribution in [3.8, 4) is 6.07 Å². The summed E-state index contributed by atoms with van der Waals surface area (Å²) in [5.41, 5.74) is 0.419.